The lowest BCUT2D eigenvalue weighted by Crippen LogP contribution is -1.98. The molecule has 68 valence electrons. The molecule has 0 amide bonds. The summed E-state index contributed by atoms with van der Waals surface area (Å²) in [5.41, 5.74) is 6.13. The third kappa shape index (κ3) is 1.23. The van der Waals surface area contributed by atoms with E-state index in [2.05, 4.69) is 10.1 Å². The molecule has 13 heavy (non-hydrogen) atoms. The van der Waals surface area contributed by atoms with Crippen molar-refractivity contribution in [2.24, 2.45) is 5.73 Å². The Bertz CT molecular complexity index is 423. The van der Waals surface area contributed by atoms with Gasteiger partial charge in [0.05, 0.1) is 13.7 Å². The van der Waals surface area contributed by atoms with Crippen molar-refractivity contribution >= 4 is 5.65 Å². The van der Waals surface area contributed by atoms with Crippen LogP contribution in [0.25, 0.3) is 5.65 Å². The summed E-state index contributed by atoms with van der Waals surface area (Å²) in [5, 5.41) is 4.14. The molecule has 0 saturated carbocycles. The maximum absolute atomic E-state index is 5.43. The summed E-state index contributed by atoms with van der Waals surface area (Å²) >= 11 is 0. The van der Waals surface area contributed by atoms with Gasteiger partial charge in [-0.1, -0.05) is 0 Å². The minimum absolute atomic E-state index is 0.338. The molecule has 2 heterocycles. The predicted molar refractivity (Wildman–Crippen MR) is 47.4 cm³/mol. The van der Waals surface area contributed by atoms with E-state index in [9.17, 15) is 0 Å². The Labute approximate surface area is 75.1 Å². The largest absolute Gasteiger partial charge is 0.493 e. The molecule has 0 atom stereocenters. The highest BCUT2D eigenvalue weighted by atomic mass is 16.5. The molecule has 0 aliphatic rings. The van der Waals surface area contributed by atoms with E-state index in [1.54, 1.807) is 11.6 Å². The van der Waals surface area contributed by atoms with Crippen LogP contribution in [0.3, 0.4) is 0 Å². The Morgan fingerprint density at radius 1 is 1.62 bits per heavy atom. The van der Waals surface area contributed by atoms with Crippen LogP contribution in [0, 0.1) is 0 Å². The summed E-state index contributed by atoms with van der Waals surface area (Å²) in [4.78, 5) is 4.20. The highest BCUT2D eigenvalue weighted by Crippen LogP contribution is 2.16. The molecule has 2 N–H and O–H groups in total. The van der Waals surface area contributed by atoms with Crippen molar-refractivity contribution < 1.29 is 4.74 Å². The molecular formula is C8H10N4O. The van der Waals surface area contributed by atoms with Gasteiger partial charge in [-0.15, -0.1) is 5.10 Å². The Balaban J connectivity index is 2.67. The van der Waals surface area contributed by atoms with Crippen LogP contribution in [0.4, 0.5) is 0 Å². The lowest BCUT2D eigenvalue weighted by atomic mass is 10.4. The molecule has 0 saturated heterocycles. The molecule has 0 spiro atoms. The summed E-state index contributed by atoms with van der Waals surface area (Å²) in [5.74, 6) is 1.32. The fourth-order valence-electron chi connectivity index (χ4n) is 1.17. The number of fused-ring (bicyclic) bond motifs is 1. The first kappa shape index (κ1) is 8.00. The minimum Gasteiger partial charge on any atom is -0.493 e. The van der Waals surface area contributed by atoms with Gasteiger partial charge in [0, 0.05) is 6.20 Å². The van der Waals surface area contributed by atoms with Crippen LogP contribution < -0.4 is 10.5 Å². The van der Waals surface area contributed by atoms with Crippen molar-refractivity contribution in [3.8, 4) is 5.75 Å². The number of rotatable bonds is 2. The van der Waals surface area contributed by atoms with Gasteiger partial charge >= 0.3 is 0 Å². The van der Waals surface area contributed by atoms with Crippen molar-refractivity contribution in [1.29, 1.82) is 0 Å². The van der Waals surface area contributed by atoms with E-state index in [4.69, 9.17) is 10.5 Å². The fourth-order valence-corrected chi connectivity index (χ4v) is 1.17. The zero-order chi connectivity index (χ0) is 9.26. The lowest BCUT2D eigenvalue weighted by molar-refractivity contribution is 0.416. The number of aromatic nitrogens is 3. The maximum Gasteiger partial charge on any atom is 0.198 e. The molecule has 0 aromatic carbocycles. The van der Waals surface area contributed by atoms with Gasteiger partial charge in [-0.05, 0) is 12.1 Å². The second-order valence-corrected chi connectivity index (χ2v) is 2.58. The summed E-state index contributed by atoms with van der Waals surface area (Å²) in [6.07, 6.45) is 1.81. The van der Waals surface area contributed by atoms with Crippen molar-refractivity contribution in [2.45, 2.75) is 6.54 Å². The van der Waals surface area contributed by atoms with Crippen molar-refractivity contribution in [3.63, 3.8) is 0 Å². The number of hydrogen-bond donors (Lipinski definition) is 1. The summed E-state index contributed by atoms with van der Waals surface area (Å²) in [6.45, 7) is 0.338. The molecule has 5 nitrogen and oxygen atoms in total. The van der Waals surface area contributed by atoms with E-state index >= 15 is 0 Å². The second kappa shape index (κ2) is 3.02. The van der Waals surface area contributed by atoms with E-state index in [1.807, 2.05) is 18.3 Å². The quantitative estimate of drug-likeness (QED) is 0.713. The van der Waals surface area contributed by atoms with Gasteiger partial charge in [0.25, 0.3) is 0 Å². The summed E-state index contributed by atoms with van der Waals surface area (Å²) in [7, 11) is 1.60. The van der Waals surface area contributed by atoms with Crippen LogP contribution in [0.15, 0.2) is 18.3 Å². The fraction of sp³-hybridized carbons (Fsp3) is 0.250. The first-order valence-corrected chi connectivity index (χ1v) is 3.93. The Morgan fingerprint density at radius 2 is 2.46 bits per heavy atom. The number of nitrogens with two attached hydrogens (primary N) is 1. The highest BCUT2D eigenvalue weighted by molar-refractivity contribution is 5.52. The molecule has 0 aliphatic heterocycles. The van der Waals surface area contributed by atoms with Crippen LogP contribution in [0.5, 0.6) is 5.75 Å². The average Bonchev–Trinajstić information content (AvgIpc) is 2.59. The summed E-state index contributed by atoms with van der Waals surface area (Å²) in [6, 6.07) is 3.69. The van der Waals surface area contributed by atoms with E-state index in [0.29, 0.717) is 23.8 Å². The molecule has 2 aromatic heterocycles. The molecule has 2 aromatic rings. The SMILES string of the molecule is COc1cccn2nc(CN)nc12. The molecule has 5 heteroatoms. The van der Waals surface area contributed by atoms with Crippen LogP contribution in [-0.4, -0.2) is 21.7 Å². The van der Waals surface area contributed by atoms with E-state index < -0.39 is 0 Å². The Morgan fingerprint density at radius 3 is 3.15 bits per heavy atom. The molecular weight excluding hydrogens is 168 g/mol. The summed E-state index contributed by atoms with van der Waals surface area (Å²) < 4.78 is 6.77. The van der Waals surface area contributed by atoms with Gasteiger partial charge in [-0.2, -0.15) is 0 Å². The molecule has 0 bridgehead atoms. The Hall–Kier alpha value is -1.62. The third-order valence-electron chi connectivity index (χ3n) is 1.77. The predicted octanol–water partition coefficient (Wildman–Crippen LogP) is 0.197. The number of ether oxygens (including phenoxy) is 1. The average molecular weight is 178 g/mol. The number of pyridine rings is 1. The van der Waals surface area contributed by atoms with E-state index in [0.717, 1.165) is 0 Å². The monoisotopic (exact) mass is 178 g/mol. The second-order valence-electron chi connectivity index (χ2n) is 2.58. The minimum atomic E-state index is 0.338. The molecule has 0 fully saturated rings. The zero-order valence-electron chi connectivity index (χ0n) is 7.27. The Kier molecular flexibility index (Phi) is 1.86. The van der Waals surface area contributed by atoms with Gasteiger partial charge in [-0.25, -0.2) is 9.50 Å². The van der Waals surface area contributed by atoms with Crippen LogP contribution in [0.2, 0.25) is 0 Å². The van der Waals surface area contributed by atoms with Gasteiger partial charge in [0.1, 0.15) is 0 Å². The van der Waals surface area contributed by atoms with Crippen LogP contribution >= 0.6 is 0 Å². The zero-order valence-corrected chi connectivity index (χ0v) is 7.27. The van der Waals surface area contributed by atoms with Gasteiger partial charge in [0.15, 0.2) is 17.2 Å². The molecule has 0 unspecified atom stereocenters. The first-order valence-electron chi connectivity index (χ1n) is 3.93. The van der Waals surface area contributed by atoms with E-state index in [-0.39, 0.29) is 0 Å². The smallest absolute Gasteiger partial charge is 0.198 e. The van der Waals surface area contributed by atoms with Gasteiger partial charge in [-0.3, -0.25) is 0 Å². The highest BCUT2D eigenvalue weighted by Gasteiger charge is 2.05. The number of nitrogens with zero attached hydrogens (tertiary/aromatic N) is 3. The maximum atomic E-state index is 5.43. The van der Waals surface area contributed by atoms with Crippen molar-refractivity contribution in [3.05, 3.63) is 24.2 Å². The number of hydrogen-bond acceptors (Lipinski definition) is 4. The number of methoxy groups -OCH3 is 1. The third-order valence-corrected chi connectivity index (χ3v) is 1.77. The normalized spacial score (nSPS) is 10.6. The topological polar surface area (TPSA) is 65.4 Å². The lowest BCUT2D eigenvalue weighted by Gasteiger charge is -1.98. The van der Waals surface area contributed by atoms with Crippen LogP contribution in [-0.2, 0) is 6.54 Å². The standard InChI is InChI=1S/C8H10N4O/c1-13-6-3-2-4-12-8(6)10-7(5-9)11-12/h2-4H,5,9H2,1H3. The molecule has 2 rings (SSSR count). The van der Waals surface area contributed by atoms with Crippen molar-refractivity contribution in [2.75, 3.05) is 7.11 Å². The van der Waals surface area contributed by atoms with E-state index in [1.165, 1.54) is 0 Å². The van der Waals surface area contributed by atoms with Crippen LogP contribution in [0.1, 0.15) is 5.82 Å². The van der Waals surface area contributed by atoms with Gasteiger partial charge in [0.2, 0.25) is 0 Å². The molecule has 0 aliphatic carbocycles. The van der Waals surface area contributed by atoms with Gasteiger partial charge < -0.3 is 10.5 Å². The molecule has 0 radical (unpaired) electrons. The first-order chi connectivity index (χ1) is 6.35. The van der Waals surface area contributed by atoms with Crippen molar-refractivity contribution in [1.82, 2.24) is 14.6 Å².